The molecular formula is C20H32N4O9. The Morgan fingerprint density at radius 2 is 1.42 bits per heavy atom. The van der Waals surface area contributed by atoms with E-state index in [1.165, 1.54) is 0 Å². The molecule has 0 aliphatic carbocycles. The van der Waals surface area contributed by atoms with E-state index in [4.69, 9.17) is 10.2 Å². The van der Waals surface area contributed by atoms with Crippen LogP contribution in [0.2, 0.25) is 0 Å². The lowest BCUT2D eigenvalue weighted by Gasteiger charge is -2.27. The number of carbonyl (C=O) groups excluding carboxylic acids is 3. The second-order valence-electron chi connectivity index (χ2n) is 8.20. The van der Waals surface area contributed by atoms with Crippen LogP contribution in [0.5, 0.6) is 0 Å². The Bertz CT molecular complexity index is 750. The van der Waals surface area contributed by atoms with Gasteiger partial charge in [0, 0.05) is 12.8 Å². The third-order valence-corrected chi connectivity index (χ3v) is 5.17. The van der Waals surface area contributed by atoms with E-state index in [1.54, 1.807) is 13.8 Å². The van der Waals surface area contributed by atoms with Gasteiger partial charge in [-0.3, -0.25) is 24.0 Å². The molecule has 13 heteroatoms. The largest absolute Gasteiger partial charge is 0.481 e. The highest BCUT2D eigenvalue weighted by Crippen LogP contribution is 2.09. The molecule has 186 valence electrons. The van der Waals surface area contributed by atoms with Crippen LogP contribution in [-0.2, 0) is 28.8 Å². The van der Waals surface area contributed by atoms with Crippen molar-refractivity contribution in [2.75, 3.05) is 6.54 Å². The Morgan fingerprint density at radius 3 is 1.88 bits per heavy atom. The molecule has 1 aliphatic rings. The topological polar surface area (TPSA) is 211 Å². The maximum atomic E-state index is 12.8. The van der Waals surface area contributed by atoms with E-state index in [9.17, 15) is 33.9 Å². The van der Waals surface area contributed by atoms with E-state index < -0.39 is 78.6 Å². The van der Waals surface area contributed by atoms with E-state index in [0.29, 0.717) is 13.0 Å². The average molecular weight is 472 g/mol. The highest BCUT2D eigenvalue weighted by Gasteiger charge is 2.33. The van der Waals surface area contributed by atoms with Crippen molar-refractivity contribution >= 4 is 35.6 Å². The smallest absolute Gasteiger partial charge is 0.326 e. The Labute approximate surface area is 190 Å². The third-order valence-electron chi connectivity index (χ3n) is 5.17. The van der Waals surface area contributed by atoms with E-state index in [0.717, 1.165) is 6.42 Å². The first-order valence-corrected chi connectivity index (χ1v) is 10.7. The summed E-state index contributed by atoms with van der Waals surface area (Å²) >= 11 is 0. The van der Waals surface area contributed by atoms with E-state index in [1.807, 2.05) is 0 Å². The Kier molecular flexibility index (Phi) is 11.3. The molecule has 13 nitrogen and oxygen atoms in total. The third kappa shape index (κ3) is 9.85. The van der Waals surface area contributed by atoms with Gasteiger partial charge in [0.2, 0.25) is 17.7 Å². The molecule has 3 amide bonds. The Balaban J connectivity index is 2.89. The van der Waals surface area contributed by atoms with Gasteiger partial charge in [-0.05, 0) is 38.1 Å². The first-order valence-electron chi connectivity index (χ1n) is 10.7. The molecule has 4 unspecified atom stereocenters. The summed E-state index contributed by atoms with van der Waals surface area (Å²) in [5.74, 6) is -6.38. The van der Waals surface area contributed by atoms with E-state index in [2.05, 4.69) is 21.3 Å². The van der Waals surface area contributed by atoms with Crippen molar-refractivity contribution < 1.29 is 44.1 Å². The number of carbonyl (C=O) groups is 6. The summed E-state index contributed by atoms with van der Waals surface area (Å²) in [6, 6.07) is -4.38. The highest BCUT2D eigenvalue weighted by atomic mass is 16.4. The first kappa shape index (κ1) is 27.8. The fourth-order valence-corrected chi connectivity index (χ4v) is 3.29. The van der Waals surface area contributed by atoms with Gasteiger partial charge in [-0.1, -0.05) is 13.8 Å². The van der Waals surface area contributed by atoms with Crippen LogP contribution in [0.25, 0.3) is 0 Å². The highest BCUT2D eigenvalue weighted by molar-refractivity contribution is 5.94. The fourth-order valence-electron chi connectivity index (χ4n) is 3.29. The van der Waals surface area contributed by atoms with Crippen molar-refractivity contribution in [1.82, 2.24) is 21.3 Å². The maximum absolute atomic E-state index is 12.8. The minimum absolute atomic E-state index is 0.206. The van der Waals surface area contributed by atoms with Gasteiger partial charge in [-0.15, -0.1) is 0 Å². The number of nitrogens with one attached hydrogen (secondary N) is 4. The van der Waals surface area contributed by atoms with Gasteiger partial charge in [0.1, 0.15) is 18.1 Å². The SMILES string of the molecule is CC(C)C(NC(=O)C(CCC(=O)O)NC(=O)C1CCCN1)C(=O)NC(CCC(=O)O)C(=O)O. The van der Waals surface area contributed by atoms with Crippen molar-refractivity contribution in [3.63, 3.8) is 0 Å². The minimum Gasteiger partial charge on any atom is -0.481 e. The summed E-state index contributed by atoms with van der Waals surface area (Å²) in [6.07, 6.45) is -0.0711. The number of rotatable bonds is 14. The molecule has 0 aromatic rings. The lowest BCUT2D eigenvalue weighted by Crippen LogP contribution is -2.58. The second kappa shape index (κ2) is 13.4. The predicted octanol–water partition coefficient (Wildman–Crippen LogP) is -1.34. The molecule has 1 aliphatic heterocycles. The molecule has 0 aromatic heterocycles. The Morgan fingerprint density at radius 1 is 0.848 bits per heavy atom. The number of amides is 3. The molecule has 1 heterocycles. The van der Waals surface area contributed by atoms with Crippen LogP contribution in [0.1, 0.15) is 52.4 Å². The standard InChI is InChI=1S/C20H32N4O9/c1-10(2)16(19(31)23-13(20(32)33)6-8-15(27)28)24-18(30)12(5-7-14(25)26)22-17(29)11-4-3-9-21-11/h10-13,16,21H,3-9H2,1-2H3,(H,22,29)(H,23,31)(H,24,30)(H,25,26)(H,27,28)(H,32,33). The van der Waals surface area contributed by atoms with Gasteiger partial charge >= 0.3 is 17.9 Å². The van der Waals surface area contributed by atoms with Crippen LogP contribution in [0.15, 0.2) is 0 Å². The number of carboxylic acids is 3. The Hall–Kier alpha value is -3.22. The van der Waals surface area contributed by atoms with Gasteiger partial charge in [0.05, 0.1) is 6.04 Å². The molecule has 7 N–H and O–H groups in total. The molecule has 0 saturated carbocycles. The van der Waals surface area contributed by atoms with Gasteiger partial charge in [-0.2, -0.15) is 0 Å². The average Bonchev–Trinajstić information content (AvgIpc) is 3.26. The molecule has 0 aromatic carbocycles. The molecule has 0 radical (unpaired) electrons. The quantitative estimate of drug-likeness (QED) is 0.158. The van der Waals surface area contributed by atoms with Gasteiger partial charge < -0.3 is 36.6 Å². The maximum Gasteiger partial charge on any atom is 0.326 e. The molecule has 1 fully saturated rings. The predicted molar refractivity (Wildman–Crippen MR) is 113 cm³/mol. The first-order chi connectivity index (χ1) is 15.4. The zero-order valence-electron chi connectivity index (χ0n) is 18.6. The van der Waals surface area contributed by atoms with E-state index in [-0.39, 0.29) is 12.8 Å². The molecular weight excluding hydrogens is 440 g/mol. The lowest BCUT2D eigenvalue weighted by atomic mass is 10.0. The van der Waals surface area contributed by atoms with Crippen molar-refractivity contribution in [1.29, 1.82) is 0 Å². The molecule has 1 rings (SSSR count). The van der Waals surface area contributed by atoms with Crippen LogP contribution in [-0.4, -0.2) is 81.7 Å². The summed E-state index contributed by atoms with van der Waals surface area (Å²) < 4.78 is 0. The molecule has 0 spiro atoms. The molecule has 1 saturated heterocycles. The minimum atomic E-state index is -1.47. The fraction of sp³-hybridized carbons (Fsp3) is 0.700. The van der Waals surface area contributed by atoms with Crippen LogP contribution >= 0.6 is 0 Å². The summed E-state index contributed by atoms with van der Waals surface area (Å²) in [5.41, 5.74) is 0. The normalized spacial score (nSPS) is 18.1. The van der Waals surface area contributed by atoms with Crippen molar-refractivity contribution in [3.05, 3.63) is 0 Å². The van der Waals surface area contributed by atoms with Crippen LogP contribution in [0.4, 0.5) is 0 Å². The van der Waals surface area contributed by atoms with Gasteiger partial charge in [-0.25, -0.2) is 4.79 Å². The van der Waals surface area contributed by atoms with Crippen LogP contribution in [0, 0.1) is 5.92 Å². The van der Waals surface area contributed by atoms with Gasteiger partial charge in [0.25, 0.3) is 0 Å². The molecule has 0 bridgehead atoms. The van der Waals surface area contributed by atoms with E-state index >= 15 is 0 Å². The number of aliphatic carboxylic acids is 3. The van der Waals surface area contributed by atoms with Crippen molar-refractivity contribution in [3.8, 4) is 0 Å². The van der Waals surface area contributed by atoms with Crippen LogP contribution < -0.4 is 21.3 Å². The lowest BCUT2D eigenvalue weighted by molar-refractivity contribution is -0.143. The zero-order valence-corrected chi connectivity index (χ0v) is 18.6. The van der Waals surface area contributed by atoms with Crippen LogP contribution in [0.3, 0.4) is 0 Å². The second-order valence-corrected chi connectivity index (χ2v) is 8.20. The monoisotopic (exact) mass is 472 g/mol. The number of hydrogen-bond donors (Lipinski definition) is 7. The summed E-state index contributed by atoms with van der Waals surface area (Å²) in [4.78, 5) is 71.0. The summed E-state index contributed by atoms with van der Waals surface area (Å²) in [5, 5.41) is 37.1. The number of hydrogen-bond acceptors (Lipinski definition) is 7. The van der Waals surface area contributed by atoms with Gasteiger partial charge in [0.15, 0.2) is 0 Å². The number of carboxylic acid groups (broad SMARTS) is 3. The van der Waals surface area contributed by atoms with Crippen molar-refractivity contribution in [2.24, 2.45) is 5.92 Å². The molecule has 33 heavy (non-hydrogen) atoms. The summed E-state index contributed by atoms with van der Waals surface area (Å²) in [6.45, 7) is 3.85. The van der Waals surface area contributed by atoms with Crippen molar-refractivity contribution in [2.45, 2.75) is 76.5 Å². The zero-order chi connectivity index (χ0) is 25.1. The molecule has 4 atom stereocenters. The summed E-state index contributed by atoms with van der Waals surface area (Å²) in [7, 11) is 0.